The van der Waals surface area contributed by atoms with Crippen LogP contribution < -0.4 is 21.1 Å². The van der Waals surface area contributed by atoms with Gasteiger partial charge in [-0.2, -0.15) is 13.2 Å². The maximum atomic E-state index is 14.1. The van der Waals surface area contributed by atoms with Gasteiger partial charge in [0.1, 0.15) is 34.9 Å². The number of nitrogens with zero attached hydrogens (tertiary/aromatic N) is 1. The lowest BCUT2D eigenvalue weighted by Crippen LogP contribution is -2.51. The summed E-state index contributed by atoms with van der Waals surface area (Å²) in [6.45, 7) is -1.85. The number of halogens is 6. The highest BCUT2D eigenvalue weighted by molar-refractivity contribution is 7.91. The Morgan fingerprint density at radius 3 is 2.12 bits per heavy atom. The SMILES string of the molecule is N[C@@H](CC(=O)NC1(c2nc3ccc(OCC(=O)NC[C@H](O)[C@@H](O)[C@@H](O)[C@H](O)CO)cc3s2)CCS(=O)(=O)CC1)Cc1cc(F)c(F)cc1F.O=C(O)C(F)(F)F. The van der Waals surface area contributed by atoms with Gasteiger partial charge in [-0.05, 0) is 49.1 Å². The zero-order valence-corrected chi connectivity index (χ0v) is 30.5. The molecule has 1 aliphatic heterocycles. The van der Waals surface area contributed by atoms with E-state index in [2.05, 4.69) is 15.6 Å². The molecular formula is C32H38F6N4O12S2. The van der Waals surface area contributed by atoms with Gasteiger partial charge in [-0.3, -0.25) is 9.59 Å². The van der Waals surface area contributed by atoms with E-state index in [0.29, 0.717) is 27.4 Å². The average Bonchev–Trinajstić information content (AvgIpc) is 3.56. The number of aromatic nitrogens is 1. The summed E-state index contributed by atoms with van der Waals surface area (Å²) in [6.07, 6.45) is -12.7. The number of thiazole rings is 1. The normalized spacial score (nSPS) is 17.7. The molecule has 0 unspecified atom stereocenters. The number of rotatable bonds is 15. The maximum Gasteiger partial charge on any atom is 0.490 e. The van der Waals surface area contributed by atoms with Crippen molar-refractivity contribution < 1.29 is 84.5 Å². The second-order valence-corrected chi connectivity index (χ2v) is 16.0. The number of sulfone groups is 1. The lowest BCUT2D eigenvalue weighted by molar-refractivity contribution is -0.192. The molecule has 1 fully saturated rings. The predicted molar refractivity (Wildman–Crippen MR) is 183 cm³/mol. The summed E-state index contributed by atoms with van der Waals surface area (Å²) in [4.78, 5) is 39.0. The van der Waals surface area contributed by atoms with Crippen molar-refractivity contribution in [2.75, 3.05) is 31.3 Å². The fourth-order valence-corrected chi connectivity index (χ4v) is 7.93. The van der Waals surface area contributed by atoms with Crippen LogP contribution in [0.3, 0.4) is 0 Å². The topological polar surface area (TPSA) is 279 Å². The van der Waals surface area contributed by atoms with Crippen LogP contribution in [0.1, 0.15) is 29.8 Å². The number of carboxylic acid groups (broad SMARTS) is 1. The first-order valence-corrected chi connectivity index (χ1v) is 18.9. The van der Waals surface area contributed by atoms with Gasteiger partial charge in [-0.25, -0.2) is 31.4 Å². The Bertz CT molecular complexity index is 1960. The van der Waals surface area contributed by atoms with E-state index in [1.165, 1.54) is 6.07 Å². The highest BCUT2D eigenvalue weighted by Gasteiger charge is 2.43. The molecule has 0 saturated carbocycles. The maximum absolute atomic E-state index is 14.1. The standard InChI is InChI=1S/C30H37F3N4O10S2.C2HF3O2/c31-18-11-20(33)19(32)8-15(18)7-16(34)9-25(41)37-30(3-5-49(45,46)6-4-30)29-36-21-2-1-17(10-24(21)48-29)47-14-26(42)35-12-22(39)27(43)28(44)23(40)13-38;3-2(4,5)1(6)7/h1-2,8,10-11,16,22-23,27-28,38-40,43-44H,3-7,9,12-14,34H2,(H,35,42)(H,37,41);(H,6,7)/t16-,22+,23-,27-,28+;/m1./s1. The molecule has 1 saturated heterocycles. The molecule has 312 valence electrons. The minimum atomic E-state index is -5.08. The number of aliphatic hydroxyl groups excluding tert-OH is 5. The third-order valence-electron chi connectivity index (χ3n) is 8.29. The van der Waals surface area contributed by atoms with Crippen molar-refractivity contribution in [1.29, 1.82) is 0 Å². The van der Waals surface area contributed by atoms with Crippen LogP contribution in [-0.4, -0.2) is 130 Å². The lowest BCUT2D eigenvalue weighted by atomic mass is 9.92. The number of nitrogens with two attached hydrogens (primary N) is 1. The predicted octanol–water partition coefficient (Wildman–Crippen LogP) is -0.242. The van der Waals surface area contributed by atoms with E-state index in [-0.39, 0.29) is 48.5 Å². The third kappa shape index (κ3) is 12.9. The van der Waals surface area contributed by atoms with Crippen LogP contribution >= 0.6 is 11.3 Å². The fraction of sp³-hybridized carbons (Fsp3) is 0.500. The average molecular weight is 849 g/mol. The van der Waals surface area contributed by atoms with E-state index in [9.17, 15) is 64.8 Å². The van der Waals surface area contributed by atoms with Gasteiger partial charge in [0.15, 0.2) is 28.1 Å². The monoisotopic (exact) mass is 848 g/mol. The first-order valence-electron chi connectivity index (χ1n) is 16.3. The van der Waals surface area contributed by atoms with E-state index in [1.807, 2.05) is 0 Å². The van der Waals surface area contributed by atoms with Gasteiger partial charge < -0.3 is 51.7 Å². The summed E-state index contributed by atoms with van der Waals surface area (Å²) in [7, 11) is -3.38. The van der Waals surface area contributed by atoms with Crippen LogP contribution in [0.2, 0.25) is 0 Å². The Hall–Kier alpha value is -4.17. The van der Waals surface area contributed by atoms with E-state index < -0.39 is 107 Å². The molecule has 2 heterocycles. The molecule has 1 aliphatic rings. The van der Waals surface area contributed by atoms with Gasteiger partial charge in [-0.1, -0.05) is 0 Å². The minimum absolute atomic E-state index is 0.00794. The number of amides is 2. The molecule has 2 aromatic carbocycles. The number of ether oxygens (including phenoxy) is 1. The first kappa shape index (κ1) is 46.2. The van der Waals surface area contributed by atoms with Gasteiger partial charge in [0.2, 0.25) is 5.91 Å². The lowest BCUT2D eigenvalue weighted by Gasteiger charge is -2.36. The largest absolute Gasteiger partial charge is 0.490 e. The summed E-state index contributed by atoms with van der Waals surface area (Å²) in [5.74, 6) is -7.86. The van der Waals surface area contributed by atoms with Crippen molar-refractivity contribution in [2.24, 2.45) is 5.73 Å². The zero-order chi connectivity index (χ0) is 42.2. The van der Waals surface area contributed by atoms with E-state index >= 15 is 0 Å². The van der Waals surface area contributed by atoms with Gasteiger partial charge in [0, 0.05) is 25.1 Å². The molecule has 16 nitrogen and oxygen atoms in total. The molecular weight excluding hydrogens is 810 g/mol. The fourth-order valence-electron chi connectivity index (χ4n) is 5.21. The zero-order valence-electron chi connectivity index (χ0n) is 28.9. The molecule has 0 radical (unpaired) electrons. The van der Waals surface area contributed by atoms with E-state index in [0.717, 1.165) is 11.3 Å². The number of carbonyl (C=O) groups excluding carboxylic acids is 2. The van der Waals surface area contributed by atoms with Crippen LogP contribution in [0, 0.1) is 17.5 Å². The third-order valence-corrected chi connectivity index (χ3v) is 11.2. The number of hydrogen-bond acceptors (Lipinski definition) is 14. The highest BCUT2D eigenvalue weighted by Crippen LogP contribution is 2.39. The number of nitrogens with one attached hydrogen (secondary N) is 2. The molecule has 0 spiro atoms. The number of alkyl halides is 3. The van der Waals surface area contributed by atoms with Crippen molar-refractivity contribution >= 4 is 49.2 Å². The molecule has 0 aliphatic carbocycles. The number of carbonyl (C=O) groups is 3. The molecule has 10 N–H and O–H groups in total. The van der Waals surface area contributed by atoms with Gasteiger partial charge in [0.05, 0.1) is 40.0 Å². The molecule has 0 bridgehead atoms. The molecule has 5 atom stereocenters. The quantitative estimate of drug-likeness (QED) is 0.0706. The Morgan fingerprint density at radius 2 is 1.54 bits per heavy atom. The Kier molecular flexibility index (Phi) is 15.9. The molecule has 2 amide bonds. The summed E-state index contributed by atoms with van der Waals surface area (Å²) in [5.41, 5.74) is 5.15. The van der Waals surface area contributed by atoms with E-state index in [1.54, 1.807) is 12.1 Å². The highest BCUT2D eigenvalue weighted by atomic mass is 32.2. The van der Waals surface area contributed by atoms with Crippen LogP contribution in [0.5, 0.6) is 5.75 Å². The molecule has 56 heavy (non-hydrogen) atoms. The van der Waals surface area contributed by atoms with Gasteiger partial charge >= 0.3 is 12.1 Å². The molecule has 24 heteroatoms. The number of benzene rings is 2. The van der Waals surface area contributed by atoms with Crippen molar-refractivity contribution in [3.8, 4) is 5.75 Å². The van der Waals surface area contributed by atoms with Crippen LogP contribution in [0.4, 0.5) is 26.3 Å². The number of fused-ring (bicyclic) bond motifs is 1. The number of hydrogen-bond donors (Lipinski definition) is 9. The van der Waals surface area contributed by atoms with Crippen molar-refractivity contribution in [2.45, 2.75) is 67.9 Å². The Labute approximate surface area is 317 Å². The molecule has 4 rings (SSSR count). The van der Waals surface area contributed by atoms with Crippen LogP contribution in [-0.2, 0) is 36.2 Å². The van der Waals surface area contributed by atoms with Crippen LogP contribution in [0.15, 0.2) is 30.3 Å². The number of aliphatic hydroxyl groups is 5. The molecule has 1 aromatic heterocycles. The summed E-state index contributed by atoms with van der Waals surface area (Å²) < 4.78 is 104. The molecule has 3 aromatic rings. The van der Waals surface area contributed by atoms with Crippen molar-refractivity contribution in [1.82, 2.24) is 15.6 Å². The minimum Gasteiger partial charge on any atom is -0.484 e. The summed E-state index contributed by atoms with van der Waals surface area (Å²) in [5, 5.41) is 60.5. The second-order valence-electron chi connectivity index (χ2n) is 12.7. The number of aliphatic carboxylic acids is 1. The second kappa shape index (κ2) is 19.3. The van der Waals surface area contributed by atoms with Crippen molar-refractivity contribution in [3.05, 3.63) is 58.4 Å². The van der Waals surface area contributed by atoms with Gasteiger partial charge in [-0.15, -0.1) is 11.3 Å². The van der Waals surface area contributed by atoms with Gasteiger partial charge in [0.25, 0.3) is 5.91 Å². The Morgan fingerprint density at radius 1 is 0.946 bits per heavy atom. The van der Waals surface area contributed by atoms with E-state index in [4.69, 9.17) is 25.5 Å². The number of carboxylic acids is 1. The van der Waals surface area contributed by atoms with Crippen LogP contribution in [0.25, 0.3) is 10.2 Å². The van der Waals surface area contributed by atoms with Crippen molar-refractivity contribution in [3.63, 3.8) is 0 Å². The summed E-state index contributed by atoms with van der Waals surface area (Å²) in [6, 6.07) is 4.80. The first-order chi connectivity index (χ1) is 26.0. The smallest absolute Gasteiger partial charge is 0.484 e. The Balaban J connectivity index is 0.00000109. The summed E-state index contributed by atoms with van der Waals surface area (Å²) >= 11 is 1.16.